The lowest BCUT2D eigenvalue weighted by Gasteiger charge is -2.13. The van der Waals surface area contributed by atoms with E-state index in [0.717, 1.165) is 6.07 Å². The quantitative estimate of drug-likeness (QED) is 0.393. The molecule has 0 aliphatic carbocycles. The highest BCUT2D eigenvalue weighted by Gasteiger charge is 2.23. The van der Waals surface area contributed by atoms with Crippen molar-refractivity contribution in [1.29, 1.82) is 0 Å². The number of imide groups is 1. The lowest BCUT2D eigenvalue weighted by atomic mass is 10.1. The maximum Gasteiger partial charge on any atom is 0.339 e. The number of amides is 3. The Balaban J connectivity index is 2.16. The van der Waals surface area contributed by atoms with E-state index in [1.165, 1.54) is 26.1 Å². The van der Waals surface area contributed by atoms with Crippen LogP contribution in [0.1, 0.15) is 17.3 Å². The summed E-state index contributed by atoms with van der Waals surface area (Å²) in [6.45, 7) is 1.27. The number of urea groups is 1. The zero-order valence-corrected chi connectivity index (χ0v) is 15.1. The summed E-state index contributed by atoms with van der Waals surface area (Å²) in [5, 5.41) is 18.4. The van der Waals surface area contributed by atoms with E-state index in [4.69, 9.17) is 4.74 Å². The van der Waals surface area contributed by atoms with Crippen LogP contribution in [0.15, 0.2) is 48.5 Å². The molecule has 0 aliphatic heterocycles. The molecule has 2 aromatic carbocycles. The Bertz CT molecular complexity index is 900. The predicted molar refractivity (Wildman–Crippen MR) is 100 cm³/mol. The van der Waals surface area contributed by atoms with Gasteiger partial charge in [-0.25, -0.2) is 9.59 Å². The van der Waals surface area contributed by atoms with Crippen molar-refractivity contribution in [1.82, 2.24) is 10.6 Å². The number of para-hydroxylation sites is 1. The van der Waals surface area contributed by atoms with Crippen molar-refractivity contribution in [3.05, 3.63) is 64.2 Å². The number of ether oxygens (including phenoxy) is 1. The summed E-state index contributed by atoms with van der Waals surface area (Å²) in [5.74, 6) is -1.77. The van der Waals surface area contributed by atoms with Crippen LogP contribution in [0.4, 0.5) is 21.9 Å². The fourth-order valence-electron chi connectivity index (χ4n) is 2.15. The molecule has 3 N–H and O–H groups in total. The molecule has 0 aliphatic rings. The number of rotatable bonds is 6. The molecule has 2 aromatic rings. The van der Waals surface area contributed by atoms with Crippen LogP contribution in [0.3, 0.4) is 0 Å². The molecule has 28 heavy (non-hydrogen) atoms. The summed E-state index contributed by atoms with van der Waals surface area (Å²) in [7, 11) is 1.32. The van der Waals surface area contributed by atoms with Crippen LogP contribution in [-0.4, -0.2) is 36.0 Å². The number of nitrogens with one attached hydrogen (secondary N) is 3. The zero-order valence-electron chi connectivity index (χ0n) is 15.1. The van der Waals surface area contributed by atoms with Gasteiger partial charge >= 0.3 is 12.0 Å². The summed E-state index contributed by atoms with van der Waals surface area (Å²) in [6.07, 6.45) is -1.27. The Morgan fingerprint density at radius 2 is 1.79 bits per heavy atom. The summed E-state index contributed by atoms with van der Waals surface area (Å²) in [6, 6.07) is 11.8. The molecule has 0 spiro atoms. The average molecular weight is 386 g/mol. The van der Waals surface area contributed by atoms with Gasteiger partial charge in [-0.05, 0) is 31.2 Å². The van der Waals surface area contributed by atoms with Gasteiger partial charge in [0.2, 0.25) is 0 Å². The number of nitro groups is 1. The number of benzene rings is 2. The molecule has 10 heteroatoms. The number of hydrogen-bond acceptors (Lipinski definition) is 7. The monoisotopic (exact) mass is 386 g/mol. The number of nitro benzene ring substituents is 1. The van der Waals surface area contributed by atoms with Crippen LogP contribution < -0.4 is 16.0 Å². The summed E-state index contributed by atoms with van der Waals surface area (Å²) >= 11 is 0. The zero-order chi connectivity index (χ0) is 20.7. The van der Waals surface area contributed by atoms with Crippen LogP contribution in [0.25, 0.3) is 0 Å². The van der Waals surface area contributed by atoms with Gasteiger partial charge in [-0.1, -0.05) is 18.2 Å². The predicted octanol–water partition coefficient (Wildman–Crippen LogP) is 2.34. The third-order valence-electron chi connectivity index (χ3n) is 3.60. The van der Waals surface area contributed by atoms with Crippen molar-refractivity contribution in [3.8, 4) is 0 Å². The summed E-state index contributed by atoms with van der Waals surface area (Å²) in [4.78, 5) is 45.8. The van der Waals surface area contributed by atoms with Crippen molar-refractivity contribution in [2.24, 2.45) is 0 Å². The first-order valence-electron chi connectivity index (χ1n) is 8.16. The first-order valence-corrected chi connectivity index (χ1v) is 8.16. The van der Waals surface area contributed by atoms with Gasteiger partial charge in [-0.2, -0.15) is 0 Å². The van der Waals surface area contributed by atoms with Gasteiger partial charge in [-0.3, -0.25) is 20.2 Å². The smallest absolute Gasteiger partial charge is 0.339 e. The Morgan fingerprint density at radius 1 is 1.11 bits per heavy atom. The van der Waals surface area contributed by atoms with E-state index >= 15 is 0 Å². The maximum absolute atomic E-state index is 12.2. The number of hydrogen-bond donors (Lipinski definition) is 3. The Labute approximate surface area is 160 Å². The minimum atomic E-state index is -1.27. The first-order chi connectivity index (χ1) is 13.3. The van der Waals surface area contributed by atoms with E-state index in [9.17, 15) is 24.5 Å². The van der Waals surface area contributed by atoms with Crippen molar-refractivity contribution < 1.29 is 24.0 Å². The van der Waals surface area contributed by atoms with Gasteiger partial charge in [-0.15, -0.1) is 0 Å². The molecule has 0 saturated carbocycles. The minimum absolute atomic E-state index is 0.107. The fourth-order valence-corrected chi connectivity index (χ4v) is 2.15. The molecule has 0 fully saturated rings. The van der Waals surface area contributed by atoms with Gasteiger partial charge < -0.3 is 15.4 Å². The molecular formula is C18H18N4O6. The second kappa shape index (κ2) is 9.12. The third kappa shape index (κ3) is 5.27. The molecule has 10 nitrogen and oxygen atoms in total. The van der Waals surface area contributed by atoms with Crippen molar-refractivity contribution >= 4 is 35.0 Å². The number of esters is 1. The third-order valence-corrected chi connectivity index (χ3v) is 3.60. The van der Waals surface area contributed by atoms with Crippen LogP contribution in [0.2, 0.25) is 0 Å². The van der Waals surface area contributed by atoms with Crippen LogP contribution >= 0.6 is 0 Å². The second-order valence-corrected chi connectivity index (χ2v) is 5.60. The topological polar surface area (TPSA) is 140 Å². The van der Waals surface area contributed by atoms with E-state index in [-0.39, 0.29) is 16.9 Å². The number of anilines is 2. The Morgan fingerprint density at radius 3 is 2.39 bits per heavy atom. The Hall–Kier alpha value is -3.95. The standard InChI is InChI=1S/C18H18N4O6/c1-11(16(23)21-18(25)19-2)28-17(24)12-8-9-14(15(10-12)22(26)27)20-13-6-4-3-5-7-13/h3-11,20H,1-2H3,(H2,19,21,23,25)/t11-/m1/s1. The molecule has 0 aromatic heterocycles. The van der Waals surface area contributed by atoms with Crippen molar-refractivity contribution in [3.63, 3.8) is 0 Å². The van der Waals surface area contributed by atoms with Gasteiger partial charge in [0.25, 0.3) is 11.6 Å². The number of carbonyl (C=O) groups excluding carboxylic acids is 3. The van der Waals surface area contributed by atoms with Crippen molar-refractivity contribution in [2.45, 2.75) is 13.0 Å². The number of nitrogens with zero attached hydrogens (tertiary/aromatic N) is 1. The SMILES string of the molecule is CNC(=O)NC(=O)[C@@H](C)OC(=O)c1ccc(Nc2ccccc2)c([N+](=O)[O-])c1. The lowest BCUT2D eigenvalue weighted by molar-refractivity contribution is -0.383. The highest BCUT2D eigenvalue weighted by molar-refractivity contribution is 5.98. The van der Waals surface area contributed by atoms with E-state index < -0.39 is 28.9 Å². The molecule has 0 unspecified atom stereocenters. The van der Waals surface area contributed by atoms with Gasteiger partial charge in [0.15, 0.2) is 6.10 Å². The highest BCUT2D eigenvalue weighted by Crippen LogP contribution is 2.29. The molecule has 146 valence electrons. The molecule has 1 atom stereocenters. The summed E-state index contributed by atoms with van der Waals surface area (Å²) < 4.78 is 4.96. The average Bonchev–Trinajstić information content (AvgIpc) is 2.68. The van der Waals surface area contributed by atoms with Crippen molar-refractivity contribution in [2.75, 3.05) is 12.4 Å². The van der Waals surface area contributed by atoms with E-state index in [0.29, 0.717) is 5.69 Å². The molecular weight excluding hydrogens is 368 g/mol. The van der Waals surface area contributed by atoms with Crippen LogP contribution in [0.5, 0.6) is 0 Å². The second-order valence-electron chi connectivity index (χ2n) is 5.60. The molecule has 0 saturated heterocycles. The molecule has 2 rings (SSSR count). The molecule has 0 bridgehead atoms. The van der Waals surface area contributed by atoms with Gasteiger partial charge in [0.05, 0.1) is 10.5 Å². The maximum atomic E-state index is 12.2. The van der Waals surface area contributed by atoms with Crippen LogP contribution in [-0.2, 0) is 9.53 Å². The highest BCUT2D eigenvalue weighted by atomic mass is 16.6. The van der Waals surface area contributed by atoms with Gasteiger partial charge in [0, 0.05) is 18.8 Å². The molecule has 0 heterocycles. The first kappa shape index (κ1) is 20.4. The normalized spacial score (nSPS) is 11.1. The Kier molecular flexibility index (Phi) is 6.63. The minimum Gasteiger partial charge on any atom is -0.449 e. The molecule has 0 radical (unpaired) electrons. The fraction of sp³-hybridized carbons (Fsp3) is 0.167. The molecule has 3 amide bonds. The van der Waals surface area contributed by atoms with E-state index in [1.54, 1.807) is 30.3 Å². The largest absolute Gasteiger partial charge is 0.449 e. The number of carbonyl (C=O) groups is 3. The van der Waals surface area contributed by atoms with E-state index in [1.807, 2.05) is 5.32 Å². The lowest BCUT2D eigenvalue weighted by Crippen LogP contribution is -2.43. The van der Waals surface area contributed by atoms with Gasteiger partial charge in [0.1, 0.15) is 5.69 Å². The van der Waals surface area contributed by atoms with E-state index in [2.05, 4.69) is 10.6 Å². The summed E-state index contributed by atoms with van der Waals surface area (Å²) in [5.41, 5.74) is 0.393. The van der Waals surface area contributed by atoms with Crippen LogP contribution in [0, 0.1) is 10.1 Å².